The molecule has 1 fully saturated rings. The van der Waals surface area contributed by atoms with Crippen molar-refractivity contribution in [2.75, 3.05) is 39.6 Å². The van der Waals surface area contributed by atoms with Crippen molar-refractivity contribution in [3.8, 4) is 0 Å². The first-order valence-corrected chi connectivity index (χ1v) is 5.22. The van der Waals surface area contributed by atoms with E-state index in [1.807, 2.05) is 0 Å². The lowest BCUT2D eigenvalue weighted by atomic mass is 10.4. The van der Waals surface area contributed by atoms with Crippen LogP contribution in [0.1, 0.15) is 13.8 Å². The Kier molecular flexibility index (Phi) is 10.2. The van der Waals surface area contributed by atoms with Crippen molar-refractivity contribution >= 4 is 0 Å². The van der Waals surface area contributed by atoms with Crippen molar-refractivity contribution in [2.45, 2.75) is 26.1 Å². The van der Waals surface area contributed by atoms with E-state index in [2.05, 4.69) is 0 Å². The van der Waals surface area contributed by atoms with Crippen LogP contribution in [0.2, 0.25) is 0 Å². The number of rotatable bonds is 4. The predicted octanol–water partition coefficient (Wildman–Crippen LogP) is -0.202. The Bertz CT molecular complexity index is 113. The third-order valence-corrected chi connectivity index (χ3v) is 1.62. The van der Waals surface area contributed by atoms with Crippen LogP contribution in [0.4, 0.5) is 0 Å². The van der Waals surface area contributed by atoms with E-state index in [1.165, 1.54) is 0 Å². The molecule has 0 spiro atoms. The van der Waals surface area contributed by atoms with Crippen molar-refractivity contribution in [1.29, 1.82) is 0 Å². The molecular weight excluding hydrogens is 200 g/mol. The molecule has 92 valence electrons. The van der Waals surface area contributed by atoms with E-state index in [-0.39, 0.29) is 12.7 Å². The molecule has 2 N–H and O–H groups in total. The van der Waals surface area contributed by atoms with Gasteiger partial charge in [-0.1, -0.05) is 0 Å². The Morgan fingerprint density at radius 3 is 1.87 bits per heavy atom. The fourth-order valence-electron chi connectivity index (χ4n) is 0.796. The number of aliphatic hydroxyl groups is 2. The van der Waals surface area contributed by atoms with Crippen LogP contribution in [-0.2, 0) is 14.2 Å². The zero-order chi connectivity index (χ0) is 11.5. The molecule has 0 aliphatic carbocycles. The molecule has 1 rings (SSSR count). The monoisotopic (exact) mass is 222 g/mol. The van der Waals surface area contributed by atoms with Crippen LogP contribution in [0.25, 0.3) is 0 Å². The van der Waals surface area contributed by atoms with Crippen molar-refractivity contribution in [2.24, 2.45) is 0 Å². The minimum atomic E-state index is -0.445. The molecule has 1 saturated heterocycles. The Morgan fingerprint density at radius 2 is 1.60 bits per heavy atom. The lowest BCUT2D eigenvalue weighted by Crippen LogP contribution is -2.19. The van der Waals surface area contributed by atoms with Gasteiger partial charge in [0.15, 0.2) is 0 Å². The second-order valence-electron chi connectivity index (χ2n) is 3.40. The maximum atomic E-state index is 8.69. The van der Waals surface area contributed by atoms with Gasteiger partial charge < -0.3 is 24.4 Å². The average molecular weight is 222 g/mol. The SMILES string of the molecule is C1COCCO1.CC(O)COC(C)CO. The van der Waals surface area contributed by atoms with E-state index >= 15 is 0 Å². The highest BCUT2D eigenvalue weighted by Gasteiger charge is 2.00. The number of aliphatic hydroxyl groups excluding tert-OH is 2. The summed E-state index contributed by atoms with van der Waals surface area (Å²) in [6.45, 7) is 6.81. The molecule has 1 aliphatic heterocycles. The predicted molar refractivity (Wildman–Crippen MR) is 55.8 cm³/mol. The van der Waals surface area contributed by atoms with Crippen molar-refractivity contribution < 1.29 is 24.4 Å². The first kappa shape index (κ1) is 14.8. The normalized spacial score (nSPS) is 20.0. The maximum absolute atomic E-state index is 8.69. The molecule has 0 aromatic heterocycles. The Hall–Kier alpha value is -0.200. The summed E-state index contributed by atoms with van der Waals surface area (Å²) in [7, 11) is 0. The van der Waals surface area contributed by atoms with Gasteiger partial charge in [-0.3, -0.25) is 0 Å². The van der Waals surface area contributed by atoms with Crippen LogP contribution in [0.15, 0.2) is 0 Å². The number of hydrogen-bond donors (Lipinski definition) is 2. The molecular formula is C10H22O5. The molecule has 5 heteroatoms. The zero-order valence-electron chi connectivity index (χ0n) is 9.52. The second-order valence-corrected chi connectivity index (χ2v) is 3.40. The first-order chi connectivity index (χ1) is 7.16. The van der Waals surface area contributed by atoms with E-state index in [0.29, 0.717) is 6.61 Å². The lowest BCUT2D eigenvalue weighted by molar-refractivity contribution is -0.0334. The van der Waals surface area contributed by atoms with Crippen LogP contribution in [0.5, 0.6) is 0 Å². The lowest BCUT2D eigenvalue weighted by Gasteiger charge is -2.10. The van der Waals surface area contributed by atoms with Crippen LogP contribution >= 0.6 is 0 Å². The average Bonchev–Trinajstić information content (AvgIpc) is 2.29. The Balaban J connectivity index is 0.000000280. The third kappa shape index (κ3) is 11.7. The van der Waals surface area contributed by atoms with Crippen LogP contribution in [0.3, 0.4) is 0 Å². The van der Waals surface area contributed by atoms with E-state index < -0.39 is 6.10 Å². The first-order valence-electron chi connectivity index (χ1n) is 5.22. The van der Waals surface area contributed by atoms with Crippen LogP contribution in [-0.4, -0.2) is 62.1 Å². The molecule has 15 heavy (non-hydrogen) atoms. The van der Waals surface area contributed by atoms with Gasteiger partial charge in [-0.05, 0) is 13.8 Å². The molecule has 0 bridgehead atoms. The molecule has 0 radical (unpaired) electrons. The van der Waals surface area contributed by atoms with Gasteiger partial charge in [0.1, 0.15) is 0 Å². The number of hydrogen-bond acceptors (Lipinski definition) is 5. The third-order valence-electron chi connectivity index (χ3n) is 1.62. The molecule has 0 aromatic carbocycles. The minimum Gasteiger partial charge on any atom is -0.394 e. The molecule has 0 amide bonds. The molecule has 5 nitrogen and oxygen atoms in total. The summed E-state index contributed by atoms with van der Waals surface area (Å²) >= 11 is 0. The van der Waals surface area contributed by atoms with Gasteiger partial charge in [-0.15, -0.1) is 0 Å². The largest absolute Gasteiger partial charge is 0.394 e. The summed E-state index contributed by atoms with van der Waals surface area (Å²) in [5.41, 5.74) is 0. The van der Waals surface area contributed by atoms with Crippen molar-refractivity contribution in [1.82, 2.24) is 0 Å². The van der Waals surface area contributed by atoms with Gasteiger partial charge in [0, 0.05) is 0 Å². The Labute approximate surface area is 91.0 Å². The van der Waals surface area contributed by atoms with Gasteiger partial charge >= 0.3 is 0 Å². The minimum absolute atomic E-state index is 0.00667. The number of ether oxygens (including phenoxy) is 3. The molecule has 1 heterocycles. The summed E-state index contributed by atoms with van der Waals surface area (Å²) in [5, 5.41) is 17.1. The molecule has 2 unspecified atom stereocenters. The highest BCUT2D eigenvalue weighted by atomic mass is 16.6. The van der Waals surface area contributed by atoms with Crippen LogP contribution < -0.4 is 0 Å². The summed E-state index contributed by atoms with van der Waals surface area (Å²) in [6, 6.07) is 0. The maximum Gasteiger partial charge on any atom is 0.0779 e. The topological polar surface area (TPSA) is 68.2 Å². The molecule has 1 aliphatic rings. The van der Waals surface area contributed by atoms with Crippen molar-refractivity contribution in [3.63, 3.8) is 0 Å². The van der Waals surface area contributed by atoms with E-state index in [1.54, 1.807) is 13.8 Å². The summed E-state index contributed by atoms with van der Waals surface area (Å²) < 4.78 is 14.8. The molecule has 0 aromatic rings. The van der Waals surface area contributed by atoms with Gasteiger partial charge in [-0.2, -0.15) is 0 Å². The summed E-state index contributed by atoms with van der Waals surface area (Å²) in [5.74, 6) is 0. The smallest absolute Gasteiger partial charge is 0.0779 e. The molecule has 2 atom stereocenters. The standard InChI is InChI=1S/C6H14O3.C4H8O2/c1-5(8)4-9-6(2)3-7;1-2-6-4-3-5-1/h5-8H,3-4H2,1-2H3;1-4H2. The van der Waals surface area contributed by atoms with E-state index in [4.69, 9.17) is 24.4 Å². The zero-order valence-corrected chi connectivity index (χ0v) is 9.52. The van der Waals surface area contributed by atoms with Crippen LogP contribution in [0, 0.1) is 0 Å². The van der Waals surface area contributed by atoms with Gasteiger partial charge in [0.05, 0.1) is 51.8 Å². The fourth-order valence-corrected chi connectivity index (χ4v) is 0.796. The summed E-state index contributed by atoms with van der Waals surface area (Å²) in [6.07, 6.45) is -0.612. The highest BCUT2D eigenvalue weighted by Crippen LogP contribution is 1.90. The van der Waals surface area contributed by atoms with E-state index in [0.717, 1.165) is 26.4 Å². The second kappa shape index (κ2) is 10.3. The molecule has 0 saturated carbocycles. The van der Waals surface area contributed by atoms with Crippen molar-refractivity contribution in [3.05, 3.63) is 0 Å². The quantitative estimate of drug-likeness (QED) is 0.689. The van der Waals surface area contributed by atoms with Gasteiger partial charge in [0.25, 0.3) is 0 Å². The fraction of sp³-hybridized carbons (Fsp3) is 1.00. The highest BCUT2D eigenvalue weighted by molar-refractivity contribution is 4.47. The summed E-state index contributed by atoms with van der Waals surface area (Å²) in [4.78, 5) is 0. The Morgan fingerprint density at radius 1 is 1.13 bits per heavy atom. The van der Waals surface area contributed by atoms with Gasteiger partial charge in [0.2, 0.25) is 0 Å². The van der Waals surface area contributed by atoms with Gasteiger partial charge in [-0.25, -0.2) is 0 Å². The van der Waals surface area contributed by atoms with E-state index in [9.17, 15) is 0 Å².